The first-order chi connectivity index (χ1) is 10.2. The average molecular weight is 347 g/mol. The third-order valence-electron chi connectivity index (χ3n) is 5.08. The molecule has 1 heterocycles. The van der Waals surface area contributed by atoms with Crippen LogP contribution in [0.4, 0.5) is 0 Å². The Kier molecular flexibility index (Phi) is 6.51. The summed E-state index contributed by atoms with van der Waals surface area (Å²) >= 11 is -3.57. The van der Waals surface area contributed by atoms with Crippen LogP contribution in [0.2, 0.25) is 0 Å². The molecule has 0 spiro atoms. The molecule has 0 aliphatic carbocycles. The third kappa shape index (κ3) is 3.36. The molecule has 1 aromatic rings. The summed E-state index contributed by atoms with van der Waals surface area (Å²) in [5, 5.41) is 0. The number of nitrogens with zero attached hydrogens (tertiary/aromatic N) is 1. The van der Waals surface area contributed by atoms with Gasteiger partial charge in [0.25, 0.3) is 0 Å². The predicted molar refractivity (Wildman–Crippen MR) is 87.5 cm³/mol. The molecule has 0 aromatic carbocycles. The first-order valence-corrected chi connectivity index (χ1v) is 10.7. The maximum atomic E-state index is 5.85. The number of hydrogen-bond acceptors (Lipinski definition) is 3. The van der Waals surface area contributed by atoms with E-state index >= 15 is 0 Å². The standard InChI is InChI=1S/C14H24N.3CH3O.Ti/c1-7-13(3,4)11-9-10-12(15-11)14(5,6)8-2;3*1-2;/h9-10H,7-8H2,1-6H3;3*1H3;/q4*-1;+4. The van der Waals surface area contributed by atoms with Crippen LogP contribution in [-0.2, 0) is 38.8 Å². The molecule has 0 N–H and O–H groups in total. The van der Waals surface area contributed by atoms with Crippen molar-refractivity contribution in [1.82, 2.24) is 3.05 Å². The Hall–Kier alpha value is -0.126. The van der Waals surface area contributed by atoms with E-state index in [9.17, 15) is 0 Å². The van der Waals surface area contributed by atoms with Crippen LogP contribution >= 0.6 is 0 Å². The first-order valence-electron chi connectivity index (χ1n) is 8.04. The summed E-state index contributed by atoms with van der Waals surface area (Å²) in [6.07, 6.45) is 2.08. The van der Waals surface area contributed by atoms with Gasteiger partial charge >= 0.3 is 141 Å². The second kappa shape index (κ2) is 7.19. The van der Waals surface area contributed by atoms with E-state index < -0.39 is 18.0 Å². The van der Waals surface area contributed by atoms with Gasteiger partial charge in [0.1, 0.15) is 0 Å². The van der Waals surface area contributed by atoms with Gasteiger partial charge in [0.15, 0.2) is 0 Å². The normalized spacial score (nSPS) is 13.7. The molecule has 128 valence electrons. The van der Waals surface area contributed by atoms with Crippen molar-refractivity contribution in [2.45, 2.75) is 65.2 Å². The second-order valence-electron chi connectivity index (χ2n) is 7.05. The van der Waals surface area contributed by atoms with Gasteiger partial charge in [-0.15, -0.1) is 0 Å². The Morgan fingerprint density at radius 3 is 1.36 bits per heavy atom. The number of rotatable bonds is 8. The van der Waals surface area contributed by atoms with Crippen molar-refractivity contribution >= 4 is 0 Å². The Bertz CT molecular complexity index is 448. The quantitative estimate of drug-likeness (QED) is 0.651. The Morgan fingerprint density at radius 2 is 1.14 bits per heavy atom. The van der Waals surface area contributed by atoms with Crippen LogP contribution in [0.1, 0.15) is 65.8 Å². The average Bonchev–Trinajstić information content (AvgIpc) is 2.97. The maximum absolute atomic E-state index is 5.85. The third-order valence-corrected chi connectivity index (χ3v) is 9.11. The van der Waals surface area contributed by atoms with E-state index in [-0.39, 0.29) is 10.8 Å². The van der Waals surface area contributed by atoms with E-state index in [1.54, 1.807) is 21.3 Å². The van der Waals surface area contributed by atoms with Crippen molar-refractivity contribution in [2.75, 3.05) is 21.3 Å². The molecule has 1 rings (SSSR count). The van der Waals surface area contributed by atoms with E-state index in [4.69, 9.17) is 9.96 Å². The molecule has 0 aliphatic rings. The van der Waals surface area contributed by atoms with Crippen LogP contribution in [0.15, 0.2) is 12.1 Å². The molecule has 5 heteroatoms. The van der Waals surface area contributed by atoms with Crippen LogP contribution in [0, 0.1) is 0 Å². The minimum absolute atomic E-state index is 0.0359. The molecule has 0 radical (unpaired) electrons. The van der Waals surface area contributed by atoms with Gasteiger partial charge in [-0.05, 0) is 0 Å². The van der Waals surface area contributed by atoms with Gasteiger partial charge in [-0.3, -0.25) is 0 Å². The van der Waals surface area contributed by atoms with Crippen molar-refractivity contribution < 1.29 is 28.0 Å². The van der Waals surface area contributed by atoms with Crippen molar-refractivity contribution in [1.29, 1.82) is 0 Å². The SMILES string of the molecule is CCC(C)(C)c1ccc(C(C)(C)CC)[n]1[Ti]([O]C)([O]C)[O]C. The van der Waals surface area contributed by atoms with Crippen LogP contribution in [0.5, 0.6) is 0 Å². The van der Waals surface area contributed by atoms with Gasteiger partial charge in [0, 0.05) is 0 Å². The molecule has 22 heavy (non-hydrogen) atoms. The van der Waals surface area contributed by atoms with Gasteiger partial charge in [0.2, 0.25) is 0 Å². The Balaban J connectivity index is 3.72. The molecule has 0 bridgehead atoms. The van der Waals surface area contributed by atoms with Crippen molar-refractivity contribution in [3.8, 4) is 0 Å². The summed E-state index contributed by atoms with van der Waals surface area (Å²) in [5.41, 5.74) is 2.54. The summed E-state index contributed by atoms with van der Waals surface area (Å²) in [6, 6.07) is 4.43. The fraction of sp³-hybridized carbons (Fsp3) is 0.765. The van der Waals surface area contributed by atoms with Crippen molar-refractivity contribution in [2.24, 2.45) is 0 Å². The second-order valence-corrected chi connectivity index (χ2v) is 11.3. The van der Waals surface area contributed by atoms with E-state index in [1.165, 1.54) is 11.4 Å². The summed E-state index contributed by atoms with van der Waals surface area (Å²) in [5.74, 6) is 0. The Labute approximate surface area is 141 Å². The molecule has 4 nitrogen and oxygen atoms in total. The van der Waals surface area contributed by atoms with Gasteiger partial charge in [-0.1, -0.05) is 0 Å². The zero-order valence-corrected chi connectivity index (χ0v) is 17.3. The zero-order chi connectivity index (χ0) is 17.2. The monoisotopic (exact) mass is 347 g/mol. The molecular weight excluding hydrogens is 314 g/mol. The molecule has 0 amide bonds. The van der Waals surface area contributed by atoms with E-state index in [1.807, 2.05) is 0 Å². The predicted octanol–water partition coefficient (Wildman–Crippen LogP) is 4.46. The van der Waals surface area contributed by atoms with Crippen molar-refractivity contribution in [3.05, 3.63) is 23.5 Å². The van der Waals surface area contributed by atoms with E-state index in [0.717, 1.165) is 12.8 Å². The molecule has 0 aliphatic heterocycles. The van der Waals surface area contributed by atoms with Crippen LogP contribution in [0.25, 0.3) is 0 Å². The fourth-order valence-corrected chi connectivity index (χ4v) is 6.41. The van der Waals surface area contributed by atoms with Crippen molar-refractivity contribution in [3.63, 3.8) is 0 Å². The Morgan fingerprint density at radius 1 is 0.818 bits per heavy atom. The van der Waals surface area contributed by atoms with Gasteiger partial charge < -0.3 is 0 Å². The van der Waals surface area contributed by atoms with Gasteiger partial charge in [-0.25, -0.2) is 0 Å². The molecule has 0 fully saturated rings. The zero-order valence-electron chi connectivity index (χ0n) is 15.7. The summed E-state index contributed by atoms with van der Waals surface area (Å²) in [6.45, 7) is 13.5. The molecule has 1 aromatic heterocycles. The minimum atomic E-state index is -3.57. The molecular formula is C17H33NO3Ti. The van der Waals surface area contributed by atoms with E-state index in [2.05, 4.69) is 56.7 Å². The summed E-state index contributed by atoms with van der Waals surface area (Å²) in [7, 11) is 5.08. The molecule has 0 unspecified atom stereocenters. The van der Waals surface area contributed by atoms with Gasteiger partial charge in [0.05, 0.1) is 0 Å². The first kappa shape index (κ1) is 19.9. The fourth-order valence-electron chi connectivity index (χ4n) is 2.67. The van der Waals surface area contributed by atoms with Crippen LogP contribution in [0.3, 0.4) is 0 Å². The topological polar surface area (TPSA) is 32.6 Å². The molecule has 0 saturated carbocycles. The van der Waals surface area contributed by atoms with Crippen LogP contribution in [-0.4, -0.2) is 24.4 Å². The van der Waals surface area contributed by atoms with Crippen LogP contribution < -0.4 is 0 Å². The molecule has 0 atom stereocenters. The van der Waals surface area contributed by atoms with Gasteiger partial charge in [-0.2, -0.15) is 0 Å². The number of aromatic nitrogens is 1. The summed E-state index contributed by atoms with van der Waals surface area (Å²) in [4.78, 5) is 0. The molecule has 0 saturated heterocycles. The number of hydrogen-bond donors (Lipinski definition) is 0. The van der Waals surface area contributed by atoms with E-state index in [0.29, 0.717) is 0 Å². The summed E-state index contributed by atoms with van der Waals surface area (Å²) < 4.78 is 19.8.